The van der Waals surface area contributed by atoms with Gasteiger partial charge in [0.2, 0.25) is 0 Å². The van der Waals surface area contributed by atoms with Gasteiger partial charge in [0.25, 0.3) is 0 Å². The maximum absolute atomic E-state index is 11.3. The highest BCUT2D eigenvalue weighted by atomic mass is 32.2. The van der Waals surface area contributed by atoms with Crippen molar-refractivity contribution >= 4 is 22.5 Å². The molecule has 26 heavy (non-hydrogen) atoms. The van der Waals surface area contributed by atoms with Crippen molar-refractivity contribution in [1.29, 1.82) is 0 Å². The van der Waals surface area contributed by atoms with E-state index in [1.165, 1.54) is 0 Å². The molecule has 0 unspecified atom stereocenters. The normalized spacial score (nSPS) is 11.6. The Balaban J connectivity index is 2.36. The summed E-state index contributed by atoms with van der Waals surface area (Å²) >= 11 is 0. The van der Waals surface area contributed by atoms with Crippen LogP contribution >= 0.6 is 0 Å². The summed E-state index contributed by atoms with van der Waals surface area (Å²) in [5, 5.41) is 4.97. The van der Waals surface area contributed by atoms with Crippen LogP contribution in [0.4, 0.5) is 0 Å². The predicted octanol–water partition coefficient (Wildman–Crippen LogP) is 3.46. The van der Waals surface area contributed by atoms with Crippen molar-refractivity contribution in [1.82, 2.24) is 0 Å². The molecule has 0 atom stereocenters. The quantitative estimate of drug-likeness (QED) is 0.747. The van der Waals surface area contributed by atoms with Crippen molar-refractivity contribution in [3.63, 3.8) is 0 Å². The summed E-state index contributed by atoms with van der Waals surface area (Å²) in [5.41, 5.74) is 3.92. The summed E-state index contributed by atoms with van der Waals surface area (Å²) in [4.78, 5) is 0. The van der Waals surface area contributed by atoms with E-state index in [0.29, 0.717) is 12.4 Å². The maximum atomic E-state index is 11.3. The van der Waals surface area contributed by atoms with Crippen LogP contribution < -0.4 is 18.8 Å². The monoisotopic (exact) mass is 377 g/mol. The van der Waals surface area contributed by atoms with Crippen LogP contribution in [0.5, 0.6) is 17.2 Å². The van der Waals surface area contributed by atoms with Crippen LogP contribution in [0.25, 0.3) is 12.2 Å². The van der Waals surface area contributed by atoms with Crippen LogP contribution in [-0.4, -0.2) is 22.1 Å². The number of nitrogens with two attached hydrogens (primary N) is 1. The molecule has 0 aliphatic rings. The second-order valence-electron chi connectivity index (χ2n) is 5.71. The lowest BCUT2D eigenvalue weighted by Crippen LogP contribution is -2.19. The van der Waals surface area contributed by atoms with Gasteiger partial charge < -0.3 is 13.7 Å². The van der Waals surface area contributed by atoms with E-state index < -0.39 is 10.3 Å². The first-order chi connectivity index (χ1) is 12.2. The molecule has 2 aromatic carbocycles. The second kappa shape index (κ2) is 8.25. The molecule has 7 heteroatoms. The molecule has 6 nitrogen and oxygen atoms in total. The average Bonchev–Trinajstić information content (AvgIpc) is 2.56. The average molecular weight is 377 g/mol. The molecule has 0 fully saturated rings. The summed E-state index contributed by atoms with van der Waals surface area (Å²) in [6.45, 7) is 6.19. The minimum atomic E-state index is -4.14. The maximum Gasteiger partial charge on any atom is 0.380 e. The lowest BCUT2D eigenvalue weighted by Gasteiger charge is -2.11. The topological polar surface area (TPSA) is 87.8 Å². The van der Waals surface area contributed by atoms with Gasteiger partial charge in [-0.15, -0.1) is 0 Å². The highest BCUT2D eigenvalue weighted by Crippen LogP contribution is 2.30. The first-order valence-corrected chi connectivity index (χ1v) is 9.53. The number of ether oxygens (including phenoxy) is 2. The van der Waals surface area contributed by atoms with E-state index in [9.17, 15) is 8.42 Å². The number of hydrogen-bond acceptors (Lipinski definition) is 5. The van der Waals surface area contributed by atoms with Crippen LogP contribution in [0.3, 0.4) is 0 Å². The molecule has 0 aromatic heterocycles. The van der Waals surface area contributed by atoms with Gasteiger partial charge in [-0.3, -0.25) is 0 Å². The molecule has 0 bridgehead atoms. The number of methoxy groups -OCH3 is 1. The molecule has 2 rings (SSSR count). The van der Waals surface area contributed by atoms with Gasteiger partial charge in [0, 0.05) is 0 Å². The zero-order valence-corrected chi connectivity index (χ0v) is 16.1. The van der Waals surface area contributed by atoms with Crippen molar-refractivity contribution in [3.8, 4) is 17.2 Å². The third-order valence-corrected chi connectivity index (χ3v) is 4.22. The van der Waals surface area contributed by atoms with E-state index in [0.717, 1.165) is 28.0 Å². The SMILES string of the molecule is CCOc1ccc(/C=C\c2cc(C)c(C)c(OC)c2)cc1OS(N)(=O)=O. The van der Waals surface area contributed by atoms with Gasteiger partial charge in [0.05, 0.1) is 13.7 Å². The van der Waals surface area contributed by atoms with Gasteiger partial charge >= 0.3 is 10.3 Å². The highest BCUT2D eigenvalue weighted by molar-refractivity contribution is 7.84. The zero-order valence-electron chi connectivity index (χ0n) is 15.3. The van der Waals surface area contributed by atoms with Crippen LogP contribution in [0, 0.1) is 13.8 Å². The van der Waals surface area contributed by atoms with Gasteiger partial charge in [-0.25, -0.2) is 0 Å². The summed E-state index contributed by atoms with van der Waals surface area (Å²) < 4.78 is 38.1. The minimum absolute atomic E-state index is 0.0502. The largest absolute Gasteiger partial charge is 0.496 e. The molecule has 0 radical (unpaired) electrons. The highest BCUT2D eigenvalue weighted by Gasteiger charge is 2.12. The number of hydrogen-bond donors (Lipinski definition) is 1. The summed E-state index contributed by atoms with van der Waals surface area (Å²) in [7, 11) is -2.50. The zero-order chi connectivity index (χ0) is 19.3. The van der Waals surface area contributed by atoms with Gasteiger partial charge in [0.1, 0.15) is 5.75 Å². The van der Waals surface area contributed by atoms with E-state index in [4.69, 9.17) is 18.8 Å². The lowest BCUT2D eigenvalue weighted by atomic mass is 10.0. The summed E-state index contributed by atoms with van der Waals surface area (Å²) in [5.74, 6) is 1.18. The Bertz CT molecular complexity index is 920. The molecule has 0 heterocycles. The van der Waals surface area contributed by atoms with Gasteiger partial charge in [-0.1, -0.05) is 24.3 Å². The summed E-state index contributed by atoms with van der Waals surface area (Å²) in [6.07, 6.45) is 3.75. The number of aryl methyl sites for hydroxylation is 1. The Labute approximate surface area is 154 Å². The van der Waals surface area contributed by atoms with Gasteiger partial charge in [0.15, 0.2) is 11.5 Å². The van der Waals surface area contributed by atoms with Gasteiger partial charge in [-0.05, 0) is 61.2 Å². The Hall–Kier alpha value is -2.51. The fourth-order valence-electron chi connectivity index (χ4n) is 2.45. The van der Waals surface area contributed by atoms with Crippen LogP contribution in [0.2, 0.25) is 0 Å². The van der Waals surface area contributed by atoms with Crippen LogP contribution in [0.15, 0.2) is 30.3 Å². The minimum Gasteiger partial charge on any atom is -0.496 e. The van der Waals surface area contributed by atoms with E-state index in [2.05, 4.69) is 0 Å². The van der Waals surface area contributed by atoms with E-state index in [-0.39, 0.29) is 5.75 Å². The number of rotatable bonds is 7. The molecular formula is C19H23NO5S. The lowest BCUT2D eigenvalue weighted by molar-refractivity contribution is 0.327. The van der Waals surface area contributed by atoms with Crippen LogP contribution in [0.1, 0.15) is 29.2 Å². The van der Waals surface area contributed by atoms with Crippen molar-refractivity contribution in [2.45, 2.75) is 20.8 Å². The molecular weight excluding hydrogens is 354 g/mol. The van der Waals surface area contributed by atoms with E-state index >= 15 is 0 Å². The molecule has 0 aliphatic carbocycles. The van der Waals surface area contributed by atoms with Crippen molar-refractivity contribution in [2.75, 3.05) is 13.7 Å². The van der Waals surface area contributed by atoms with Crippen LogP contribution in [-0.2, 0) is 10.3 Å². The second-order valence-corrected chi connectivity index (χ2v) is 6.87. The molecule has 0 saturated heterocycles. The Kier molecular flexibility index (Phi) is 6.28. The fraction of sp³-hybridized carbons (Fsp3) is 0.263. The van der Waals surface area contributed by atoms with Crippen molar-refractivity contribution in [3.05, 3.63) is 52.6 Å². The Morgan fingerprint density at radius 3 is 2.27 bits per heavy atom. The Morgan fingerprint density at radius 1 is 1.00 bits per heavy atom. The first-order valence-electron chi connectivity index (χ1n) is 8.06. The van der Waals surface area contributed by atoms with Gasteiger partial charge in [-0.2, -0.15) is 13.6 Å². The number of benzene rings is 2. The third-order valence-electron chi connectivity index (χ3n) is 3.80. The summed E-state index contributed by atoms with van der Waals surface area (Å²) in [6, 6.07) is 8.99. The van der Waals surface area contributed by atoms with Crippen molar-refractivity contribution < 1.29 is 22.1 Å². The fourth-order valence-corrected chi connectivity index (χ4v) is 2.83. The van der Waals surface area contributed by atoms with E-state index in [1.807, 2.05) is 38.1 Å². The molecule has 0 spiro atoms. The molecule has 140 valence electrons. The first kappa shape index (κ1) is 19.8. The molecule has 0 amide bonds. The molecule has 2 N–H and O–H groups in total. The molecule has 2 aromatic rings. The predicted molar refractivity (Wildman–Crippen MR) is 103 cm³/mol. The Morgan fingerprint density at radius 2 is 1.65 bits per heavy atom. The standard InChI is InChI=1S/C19H23NO5S/c1-5-24-17-9-8-15(11-19(17)25-26(20,21)22)6-7-16-10-13(2)14(3)18(12-16)23-4/h6-12H,5H2,1-4H3,(H2,20,21,22)/b7-6-. The van der Waals surface area contributed by atoms with E-state index in [1.54, 1.807) is 32.2 Å². The molecule has 0 aliphatic heterocycles. The third kappa shape index (κ3) is 5.24. The smallest absolute Gasteiger partial charge is 0.380 e. The van der Waals surface area contributed by atoms with Crippen molar-refractivity contribution in [2.24, 2.45) is 5.14 Å². The molecule has 0 saturated carbocycles.